The summed E-state index contributed by atoms with van der Waals surface area (Å²) in [4.78, 5) is 12.4. The Kier molecular flexibility index (Phi) is 19.2. The Hall–Kier alpha value is -0.174. The van der Waals surface area contributed by atoms with Gasteiger partial charge in [-0.05, 0) is 25.3 Å². The van der Waals surface area contributed by atoms with Crippen molar-refractivity contribution >= 4 is 12.2 Å². The predicted octanol–water partition coefficient (Wildman–Crippen LogP) is 2.41. The fourth-order valence-corrected chi connectivity index (χ4v) is 1.91. The first-order chi connectivity index (χ1) is 11.1. The normalized spacial score (nSPS) is 12.9. The molecule has 0 spiro atoms. The summed E-state index contributed by atoms with van der Waals surface area (Å²) in [6, 6.07) is 10.1. The number of likely N-dealkylation sites (tertiary alicyclic amines) is 1. The van der Waals surface area contributed by atoms with Crippen LogP contribution in [0.4, 0.5) is 4.79 Å². The van der Waals surface area contributed by atoms with Gasteiger partial charge >= 0.3 is 57.5 Å². The molecule has 1 N–H and O–H groups in total. The van der Waals surface area contributed by atoms with E-state index in [1.165, 1.54) is 19.1 Å². The quantitative estimate of drug-likeness (QED) is 0.762. The van der Waals surface area contributed by atoms with E-state index in [-0.39, 0.29) is 57.5 Å². The van der Waals surface area contributed by atoms with Crippen LogP contribution in [0.15, 0.2) is 35.9 Å². The Labute approximate surface area is 190 Å². The molecule has 130 valence electrons. The molecule has 1 fully saturated rings. The van der Waals surface area contributed by atoms with Gasteiger partial charge in [-0.2, -0.15) is 0 Å². The Bertz CT molecular complexity index is 444. The van der Waals surface area contributed by atoms with Crippen molar-refractivity contribution in [3.63, 3.8) is 0 Å². The van der Waals surface area contributed by atoms with Gasteiger partial charge in [0.25, 0.3) is 0 Å². The van der Waals surface area contributed by atoms with Crippen molar-refractivity contribution in [1.29, 1.82) is 0 Å². The molecule has 0 saturated carbocycles. The topological polar surface area (TPSA) is 53.3 Å². The smallest absolute Gasteiger partial charge is 0.674 e. The number of benzene rings is 1. The summed E-state index contributed by atoms with van der Waals surface area (Å²) in [6.45, 7) is 8.34. The monoisotopic (exact) mass is 358 g/mol. The third-order valence-electron chi connectivity index (χ3n) is 3.03. The van der Waals surface area contributed by atoms with Crippen LogP contribution in [-0.2, 0) is 4.74 Å². The molecule has 1 aromatic rings. The molecular formula is C19H31KN2O2. The predicted molar refractivity (Wildman–Crippen MR) is 98.5 cm³/mol. The standard InChI is InChI=1S/C10H12N.C6H11NO2.C3H8.K/c1-9(8-11)7-10-5-3-2-4-6-10;1-9-6(8)7-4-2-3-5-7;1-3-2;/h2-7,11H,8H2,1H3;2-5H2,1H3;3H2,1-2H3;/q-1;;;+1/b9-7+;;;. The van der Waals surface area contributed by atoms with Crippen LogP contribution in [0, 0.1) is 0 Å². The van der Waals surface area contributed by atoms with Crippen LogP contribution in [0.1, 0.15) is 45.6 Å². The van der Waals surface area contributed by atoms with Gasteiger partial charge in [0, 0.05) is 13.1 Å². The van der Waals surface area contributed by atoms with Crippen molar-refractivity contribution in [2.75, 3.05) is 26.7 Å². The minimum Gasteiger partial charge on any atom is -0.674 e. The maximum atomic E-state index is 10.7. The summed E-state index contributed by atoms with van der Waals surface area (Å²) in [7, 11) is 1.42. The second-order valence-electron chi connectivity index (χ2n) is 5.45. The number of methoxy groups -OCH3 is 1. The fourth-order valence-electron chi connectivity index (χ4n) is 1.91. The van der Waals surface area contributed by atoms with Crippen molar-refractivity contribution < 1.29 is 60.9 Å². The van der Waals surface area contributed by atoms with E-state index in [1.807, 2.05) is 43.3 Å². The zero-order valence-electron chi connectivity index (χ0n) is 16.0. The molecule has 1 aliphatic heterocycles. The molecule has 2 rings (SSSR count). The first kappa shape index (κ1) is 26.1. The molecular weight excluding hydrogens is 327 g/mol. The molecule has 1 heterocycles. The van der Waals surface area contributed by atoms with Gasteiger partial charge in [0.2, 0.25) is 0 Å². The number of hydrogen-bond donors (Lipinski definition) is 0. The van der Waals surface area contributed by atoms with Crippen molar-refractivity contribution in [3.05, 3.63) is 47.2 Å². The molecule has 0 radical (unpaired) electrons. The number of ether oxygens (including phenoxy) is 1. The number of nitrogens with zero attached hydrogens (tertiary/aromatic N) is 1. The summed E-state index contributed by atoms with van der Waals surface area (Å²) >= 11 is 0. The molecule has 1 aromatic carbocycles. The Balaban J connectivity index is 0. The minimum atomic E-state index is -0.187. The van der Waals surface area contributed by atoms with E-state index in [1.54, 1.807) is 4.90 Å². The second-order valence-corrected chi connectivity index (χ2v) is 5.45. The number of nitrogens with one attached hydrogen (secondary N) is 1. The SMILES string of the molecule is C/C(=C\c1ccccc1)C[NH-].CCC.COC(=O)N1CCCC1.[K+]. The summed E-state index contributed by atoms with van der Waals surface area (Å²) in [5.74, 6) is 0. The molecule has 4 nitrogen and oxygen atoms in total. The number of carbonyl (C=O) groups is 1. The molecule has 0 unspecified atom stereocenters. The molecule has 0 aromatic heterocycles. The van der Waals surface area contributed by atoms with Crippen LogP contribution in [0.2, 0.25) is 0 Å². The van der Waals surface area contributed by atoms with Crippen LogP contribution >= 0.6 is 0 Å². The maximum absolute atomic E-state index is 10.7. The van der Waals surface area contributed by atoms with E-state index in [4.69, 9.17) is 5.73 Å². The molecule has 0 aliphatic carbocycles. The maximum Gasteiger partial charge on any atom is 1.00 e. The number of carbonyl (C=O) groups excluding carboxylic acids is 1. The van der Waals surface area contributed by atoms with Crippen LogP contribution < -0.4 is 51.4 Å². The van der Waals surface area contributed by atoms with Crippen LogP contribution in [0.5, 0.6) is 0 Å². The van der Waals surface area contributed by atoms with Crippen molar-refractivity contribution in [2.24, 2.45) is 0 Å². The van der Waals surface area contributed by atoms with Gasteiger partial charge < -0.3 is 15.4 Å². The Morgan fingerprint density at radius 1 is 1.21 bits per heavy atom. The third kappa shape index (κ3) is 13.2. The van der Waals surface area contributed by atoms with E-state index in [0.29, 0.717) is 6.54 Å². The van der Waals surface area contributed by atoms with E-state index >= 15 is 0 Å². The van der Waals surface area contributed by atoms with E-state index < -0.39 is 0 Å². The molecule has 24 heavy (non-hydrogen) atoms. The average molecular weight is 359 g/mol. The van der Waals surface area contributed by atoms with E-state index in [0.717, 1.165) is 31.5 Å². The van der Waals surface area contributed by atoms with Gasteiger partial charge in [0.15, 0.2) is 0 Å². The summed E-state index contributed by atoms with van der Waals surface area (Å²) in [5, 5.41) is 0. The zero-order chi connectivity index (χ0) is 17.5. The van der Waals surface area contributed by atoms with Crippen LogP contribution in [-0.4, -0.2) is 37.7 Å². The van der Waals surface area contributed by atoms with Crippen LogP contribution in [0.3, 0.4) is 0 Å². The summed E-state index contributed by atoms with van der Waals surface area (Å²) < 4.78 is 4.52. The first-order valence-electron chi connectivity index (χ1n) is 8.28. The molecule has 0 bridgehead atoms. The van der Waals surface area contributed by atoms with Gasteiger partial charge in [-0.1, -0.05) is 62.2 Å². The molecule has 1 aliphatic rings. The van der Waals surface area contributed by atoms with Gasteiger partial charge in [-0.15, -0.1) is 6.54 Å². The largest absolute Gasteiger partial charge is 1.00 e. The van der Waals surface area contributed by atoms with Crippen LogP contribution in [0.25, 0.3) is 11.8 Å². The summed E-state index contributed by atoms with van der Waals surface area (Å²) in [5.41, 5.74) is 9.36. The Morgan fingerprint density at radius 3 is 2.12 bits per heavy atom. The first-order valence-corrected chi connectivity index (χ1v) is 8.28. The number of amides is 1. The zero-order valence-corrected chi connectivity index (χ0v) is 19.1. The Morgan fingerprint density at radius 2 is 1.71 bits per heavy atom. The van der Waals surface area contributed by atoms with Crippen molar-refractivity contribution in [3.8, 4) is 0 Å². The van der Waals surface area contributed by atoms with E-state index in [2.05, 4.69) is 18.6 Å². The van der Waals surface area contributed by atoms with Gasteiger partial charge in [-0.25, -0.2) is 4.79 Å². The second kappa shape index (κ2) is 17.6. The van der Waals surface area contributed by atoms with Gasteiger partial charge in [-0.3, -0.25) is 0 Å². The van der Waals surface area contributed by atoms with Gasteiger partial charge in [0.1, 0.15) is 0 Å². The van der Waals surface area contributed by atoms with Crippen molar-refractivity contribution in [2.45, 2.75) is 40.0 Å². The third-order valence-corrected chi connectivity index (χ3v) is 3.03. The molecule has 5 heteroatoms. The fraction of sp³-hybridized carbons (Fsp3) is 0.526. The number of hydrogen-bond acceptors (Lipinski definition) is 2. The molecule has 1 saturated heterocycles. The summed E-state index contributed by atoms with van der Waals surface area (Å²) in [6.07, 6.45) is 5.34. The van der Waals surface area contributed by atoms with E-state index in [9.17, 15) is 4.79 Å². The van der Waals surface area contributed by atoms with Gasteiger partial charge in [0.05, 0.1) is 7.11 Å². The average Bonchev–Trinajstić information content (AvgIpc) is 3.11. The molecule has 0 atom stereocenters. The minimum absolute atomic E-state index is 0. The number of rotatable bonds is 2. The molecule has 1 amide bonds. The van der Waals surface area contributed by atoms with Crippen molar-refractivity contribution in [1.82, 2.24) is 4.90 Å².